The molecule has 0 bridgehead atoms. The summed E-state index contributed by atoms with van der Waals surface area (Å²) >= 11 is 1.65. The zero-order valence-corrected chi connectivity index (χ0v) is 6.97. The van der Waals surface area contributed by atoms with Crippen LogP contribution in [0, 0.1) is 0 Å². The van der Waals surface area contributed by atoms with E-state index < -0.39 is 0 Å². The summed E-state index contributed by atoms with van der Waals surface area (Å²) < 4.78 is 0. The van der Waals surface area contributed by atoms with Crippen molar-refractivity contribution < 1.29 is 5.21 Å². The zero-order valence-electron chi connectivity index (χ0n) is 6.16. The summed E-state index contributed by atoms with van der Waals surface area (Å²) in [7, 11) is 0. The van der Waals surface area contributed by atoms with E-state index in [1.807, 2.05) is 18.2 Å². The summed E-state index contributed by atoms with van der Waals surface area (Å²) in [5, 5.41) is 8.27. The van der Waals surface area contributed by atoms with Crippen LogP contribution in [0.4, 0.5) is 0 Å². The van der Waals surface area contributed by atoms with Crippen LogP contribution in [0.5, 0.6) is 0 Å². The van der Waals surface area contributed by atoms with Gasteiger partial charge in [0, 0.05) is 5.75 Å². The monoisotopic (exact) mass is 169 g/mol. The Hall–Kier alpha value is -0.510. The van der Waals surface area contributed by atoms with Crippen LogP contribution in [0.15, 0.2) is 30.3 Å². The van der Waals surface area contributed by atoms with Gasteiger partial charge < -0.3 is 5.21 Å². The van der Waals surface area contributed by atoms with E-state index in [0.717, 1.165) is 5.75 Å². The minimum absolute atomic E-state index is 0.578. The van der Waals surface area contributed by atoms with Crippen molar-refractivity contribution in [1.29, 1.82) is 0 Å². The third-order valence-corrected chi connectivity index (χ3v) is 2.15. The highest BCUT2D eigenvalue weighted by atomic mass is 32.2. The van der Waals surface area contributed by atoms with Crippen LogP contribution in [0.2, 0.25) is 0 Å². The molecule has 0 spiro atoms. The van der Waals surface area contributed by atoms with Crippen molar-refractivity contribution in [3.05, 3.63) is 35.9 Å². The average Bonchev–Trinajstić information content (AvgIpc) is 2.07. The average molecular weight is 169 g/mol. The number of nitrogens with one attached hydrogen (secondary N) is 1. The number of benzene rings is 1. The fourth-order valence-corrected chi connectivity index (χ4v) is 1.41. The Morgan fingerprint density at radius 2 is 2.00 bits per heavy atom. The summed E-state index contributed by atoms with van der Waals surface area (Å²) in [5.41, 5.74) is 3.39. The molecule has 0 amide bonds. The van der Waals surface area contributed by atoms with Gasteiger partial charge in [-0.15, -0.1) is 11.8 Å². The van der Waals surface area contributed by atoms with Crippen molar-refractivity contribution in [2.24, 2.45) is 0 Å². The van der Waals surface area contributed by atoms with E-state index >= 15 is 0 Å². The van der Waals surface area contributed by atoms with Gasteiger partial charge in [-0.3, -0.25) is 0 Å². The second-order valence-corrected chi connectivity index (χ2v) is 3.12. The maximum absolute atomic E-state index is 8.27. The van der Waals surface area contributed by atoms with Gasteiger partial charge in [-0.05, 0) is 5.56 Å². The van der Waals surface area contributed by atoms with Crippen LogP contribution in [0.3, 0.4) is 0 Å². The smallest absolute Gasteiger partial charge is 0.0666 e. The summed E-state index contributed by atoms with van der Waals surface area (Å²) in [6, 6.07) is 10.2. The lowest BCUT2D eigenvalue weighted by Gasteiger charge is -1.98. The molecule has 0 fully saturated rings. The number of rotatable bonds is 4. The van der Waals surface area contributed by atoms with Gasteiger partial charge in [0.15, 0.2) is 0 Å². The second-order valence-electron chi connectivity index (χ2n) is 2.14. The molecule has 0 heterocycles. The normalized spacial score (nSPS) is 9.91. The lowest BCUT2D eigenvalue weighted by atomic mass is 10.2. The molecule has 0 radical (unpaired) electrons. The van der Waals surface area contributed by atoms with Gasteiger partial charge in [0.1, 0.15) is 0 Å². The highest BCUT2D eigenvalue weighted by Crippen LogP contribution is 2.09. The SMILES string of the molecule is ONCSCc1ccccc1. The number of hydrogen-bond acceptors (Lipinski definition) is 3. The van der Waals surface area contributed by atoms with E-state index in [2.05, 4.69) is 17.6 Å². The molecule has 2 nitrogen and oxygen atoms in total. The molecule has 0 saturated heterocycles. The Labute approximate surface area is 70.6 Å². The third-order valence-electron chi connectivity index (χ3n) is 1.28. The van der Waals surface area contributed by atoms with Crippen LogP contribution in [-0.2, 0) is 5.75 Å². The lowest BCUT2D eigenvalue weighted by molar-refractivity contribution is 0.188. The highest BCUT2D eigenvalue weighted by molar-refractivity contribution is 7.98. The predicted octanol–water partition coefficient (Wildman–Crippen LogP) is 1.86. The van der Waals surface area contributed by atoms with E-state index in [1.165, 1.54) is 5.56 Å². The fourth-order valence-electron chi connectivity index (χ4n) is 0.789. The first-order chi connectivity index (χ1) is 5.43. The molecule has 0 atom stereocenters. The minimum atomic E-state index is 0.578. The Balaban J connectivity index is 2.28. The molecule has 3 heteroatoms. The maximum Gasteiger partial charge on any atom is 0.0666 e. The van der Waals surface area contributed by atoms with Gasteiger partial charge in [0.25, 0.3) is 0 Å². The van der Waals surface area contributed by atoms with Crippen LogP contribution >= 0.6 is 11.8 Å². The molecule has 0 aliphatic heterocycles. The Kier molecular flexibility index (Phi) is 4.04. The van der Waals surface area contributed by atoms with Gasteiger partial charge >= 0.3 is 0 Å². The highest BCUT2D eigenvalue weighted by Gasteiger charge is 1.89. The number of hydrogen-bond donors (Lipinski definition) is 2. The minimum Gasteiger partial charge on any atom is -0.316 e. The van der Waals surface area contributed by atoms with Gasteiger partial charge in [-0.2, -0.15) is 5.48 Å². The van der Waals surface area contributed by atoms with E-state index in [4.69, 9.17) is 5.21 Å². The zero-order chi connectivity index (χ0) is 7.94. The van der Waals surface area contributed by atoms with Gasteiger partial charge in [-0.1, -0.05) is 30.3 Å². The van der Waals surface area contributed by atoms with Gasteiger partial charge in [0.2, 0.25) is 0 Å². The standard InChI is InChI=1S/C8H11NOS/c10-9-7-11-6-8-4-2-1-3-5-8/h1-5,9-10H,6-7H2. The molecular formula is C8H11NOS. The predicted molar refractivity (Wildman–Crippen MR) is 47.5 cm³/mol. The fraction of sp³-hybridized carbons (Fsp3) is 0.250. The van der Waals surface area contributed by atoms with Gasteiger partial charge in [-0.25, -0.2) is 0 Å². The molecule has 0 aromatic heterocycles. The van der Waals surface area contributed by atoms with Crippen molar-refractivity contribution in [1.82, 2.24) is 5.48 Å². The second kappa shape index (κ2) is 5.18. The quantitative estimate of drug-likeness (QED) is 0.410. The molecule has 1 aromatic carbocycles. The first-order valence-electron chi connectivity index (χ1n) is 3.42. The van der Waals surface area contributed by atoms with Crippen LogP contribution < -0.4 is 5.48 Å². The van der Waals surface area contributed by atoms with E-state index in [0.29, 0.717) is 5.88 Å². The third kappa shape index (κ3) is 3.41. The summed E-state index contributed by atoms with van der Waals surface area (Å²) in [4.78, 5) is 0. The van der Waals surface area contributed by atoms with Crippen molar-refractivity contribution in [2.75, 3.05) is 5.88 Å². The number of hydroxylamine groups is 1. The molecule has 1 aromatic rings. The maximum atomic E-state index is 8.27. The van der Waals surface area contributed by atoms with Crippen LogP contribution in [-0.4, -0.2) is 11.1 Å². The van der Waals surface area contributed by atoms with Crippen molar-refractivity contribution in [2.45, 2.75) is 5.75 Å². The molecule has 2 N–H and O–H groups in total. The summed E-state index contributed by atoms with van der Waals surface area (Å²) in [6.45, 7) is 0. The van der Waals surface area contributed by atoms with Gasteiger partial charge in [0.05, 0.1) is 5.88 Å². The van der Waals surface area contributed by atoms with Crippen molar-refractivity contribution in [3.8, 4) is 0 Å². The van der Waals surface area contributed by atoms with E-state index in [-0.39, 0.29) is 0 Å². The van der Waals surface area contributed by atoms with Crippen molar-refractivity contribution >= 4 is 11.8 Å². The molecule has 0 saturated carbocycles. The van der Waals surface area contributed by atoms with Crippen molar-refractivity contribution in [3.63, 3.8) is 0 Å². The summed E-state index contributed by atoms with van der Waals surface area (Å²) in [6.07, 6.45) is 0. The Morgan fingerprint density at radius 3 is 2.64 bits per heavy atom. The molecule has 0 aliphatic rings. The topological polar surface area (TPSA) is 32.3 Å². The number of thioether (sulfide) groups is 1. The Morgan fingerprint density at radius 1 is 1.27 bits per heavy atom. The lowest BCUT2D eigenvalue weighted by Crippen LogP contribution is -2.04. The molecule has 60 valence electrons. The molecule has 11 heavy (non-hydrogen) atoms. The molecule has 0 unspecified atom stereocenters. The largest absolute Gasteiger partial charge is 0.316 e. The first-order valence-corrected chi connectivity index (χ1v) is 4.57. The van der Waals surface area contributed by atoms with E-state index in [1.54, 1.807) is 11.8 Å². The summed E-state index contributed by atoms with van der Waals surface area (Å²) in [5.74, 6) is 1.52. The molecule has 0 aliphatic carbocycles. The van der Waals surface area contributed by atoms with E-state index in [9.17, 15) is 0 Å². The first kappa shape index (κ1) is 8.59. The Bertz CT molecular complexity index is 191. The molecular weight excluding hydrogens is 158 g/mol. The van der Waals surface area contributed by atoms with Crippen LogP contribution in [0.1, 0.15) is 5.56 Å². The molecule has 1 rings (SSSR count). The van der Waals surface area contributed by atoms with Crippen LogP contribution in [0.25, 0.3) is 0 Å².